The van der Waals surface area contributed by atoms with Crippen LogP contribution in [-0.4, -0.2) is 31.7 Å². The van der Waals surface area contributed by atoms with E-state index in [0.29, 0.717) is 0 Å². The predicted octanol–water partition coefficient (Wildman–Crippen LogP) is 5.67. The molecule has 3 aromatic rings. The van der Waals surface area contributed by atoms with E-state index in [9.17, 15) is 0 Å². The van der Waals surface area contributed by atoms with E-state index < -0.39 is 0 Å². The maximum atomic E-state index is 6.56. The van der Waals surface area contributed by atoms with Crippen molar-refractivity contribution in [1.29, 1.82) is 0 Å². The van der Waals surface area contributed by atoms with Gasteiger partial charge >= 0.3 is 0 Å². The molecule has 3 heteroatoms. The van der Waals surface area contributed by atoms with Gasteiger partial charge in [-0.2, -0.15) is 0 Å². The van der Waals surface area contributed by atoms with Crippen LogP contribution in [0.1, 0.15) is 28.4 Å². The van der Waals surface area contributed by atoms with Crippen LogP contribution in [0.25, 0.3) is 0 Å². The van der Waals surface area contributed by atoms with Gasteiger partial charge in [-0.05, 0) is 22.8 Å². The van der Waals surface area contributed by atoms with Crippen LogP contribution >= 0.6 is 11.8 Å². The van der Waals surface area contributed by atoms with E-state index in [2.05, 4.69) is 93.0 Å². The molecule has 0 fully saturated rings. The largest absolute Gasteiger partial charge is 0.363 e. The van der Waals surface area contributed by atoms with E-state index in [1.54, 1.807) is 0 Å². The Morgan fingerprint density at radius 2 is 1.54 bits per heavy atom. The zero-order valence-corrected chi connectivity index (χ0v) is 17.5. The van der Waals surface area contributed by atoms with Crippen LogP contribution < -0.4 is 0 Å². The third-order valence-corrected chi connectivity index (χ3v) is 6.49. The van der Waals surface area contributed by atoms with Gasteiger partial charge in [-0.15, -0.1) is 11.8 Å². The van der Waals surface area contributed by atoms with Gasteiger partial charge in [0.2, 0.25) is 0 Å². The molecule has 0 amide bonds. The lowest BCUT2D eigenvalue weighted by Gasteiger charge is -2.31. The summed E-state index contributed by atoms with van der Waals surface area (Å²) in [5.41, 5.74) is 5.36. The topological polar surface area (TPSA) is 9.23 Å². The fourth-order valence-corrected chi connectivity index (χ4v) is 4.92. The number of ether oxygens (including phenoxy) is 1. The van der Waals surface area contributed by atoms with Crippen molar-refractivity contribution < 1.29 is 9.22 Å². The quantitative estimate of drug-likeness (QED) is 0.501. The van der Waals surface area contributed by atoms with Crippen molar-refractivity contribution in [3.8, 4) is 0 Å². The third-order valence-electron chi connectivity index (χ3n) is 5.36. The van der Waals surface area contributed by atoms with Crippen molar-refractivity contribution in [1.82, 2.24) is 0 Å². The summed E-state index contributed by atoms with van der Waals surface area (Å²) in [6, 6.07) is 28.1. The highest BCUT2D eigenvalue weighted by molar-refractivity contribution is 7.98. The molecule has 1 aliphatic heterocycles. The van der Waals surface area contributed by atoms with Crippen LogP contribution in [0.15, 0.2) is 83.8 Å². The van der Waals surface area contributed by atoms with Crippen LogP contribution in [0.2, 0.25) is 0 Å². The third kappa shape index (κ3) is 4.49. The van der Waals surface area contributed by atoms with Crippen molar-refractivity contribution in [2.75, 3.05) is 27.2 Å². The van der Waals surface area contributed by atoms with E-state index in [1.165, 1.54) is 27.1 Å². The lowest BCUT2D eigenvalue weighted by molar-refractivity contribution is -0.904. The molecule has 0 saturated heterocycles. The number of hydrogen-bond donors (Lipinski definition) is 0. The summed E-state index contributed by atoms with van der Waals surface area (Å²) in [4.78, 5) is 1.33. The van der Waals surface area contributed by atoms with Crippen molar-refractivity contribution in [3.63, 3.8) is 0 Å². The molecule has 0 N–H and O–H groups in total. The first-order valence-electron chi connectivity index (χ1n) is 9.89. The second kappa shape index (κ2) is 8.52. The molecule has 1 aliphatic rings. The second-order valence-electron chi connectivity index (χ2n) is 8.08. The van der Waals surface area contributed by atoms with E-state index in [4.69, 9.17) is 4.74 Å². The average Bonchev–Trinajstić information content (AvgIpc) is 2.86. The average molecular weight is 391 g/mol. The van der Waals surface area contributed by atoms with Gasteiger partial charge in [0, 0.05) is 16.2 Å². The Morgan fingerprint density at radius 3 is 2.36 bits per heavy atom. The van der Waals surface area contributed by atoms with Crippen molar-refractivity contribution in [2.24, 2.45) is 0 Å². The first-order chi connectivity index (χ1) is 13.6. The van der Waals surface area contributed by atoms with Gasteiger partial charge in [0.1, 0.15) is 19.2 Å². The molecule has 1 unspecified atom stereocenters. The lowest BCUT2D eigenvalue weighted by atomic mass is 9.97. The van der Waals surface area contributed by atoms with Crippen LogP contribution in [-0.2, 0) is 17.0 Å². The standard InChI is InChI=1S/C25H28NOS/c1-26(2,18-20-10-4-3-5-11-20)16-17-27-25-22-13-7-6-12-21(22)19-28-24-15-9-8-14-23(24)25/h3-15,25H,16-19H2,1-2H3/q+1. The highest BCUT2D eigenvalue weighted by Crippen LogP contribution is 2.40. The zero-order chi connectivity index (χ0) is 19.4. The molecule has 2 nitrogen and oxygen atoms in total. The Bertz CT molecular complexity index is 875. The Labute approximate surface area is 172 Å². The number of quaternary nitrogens is 1. The van der Waals surface area contributed by atoms with Gasteiger partial charge in [-0.3, -0.25) is 0 Å². The molecule has 144 valence electrons. The first-order valence-corrected chi connectivity index (χ1v) is 10.9. The smallest absolute Gasteiger partial charge is 0.109 e. The lowest BCUT2D eigenvalue weighted by Crippen LogP contribution is -2.41. The highest BCUT2D eigenvalue weighted by atomic mass is 32.2. The molecule has 0 spiro atoms. The van der Waals surface area contributed by atoms with Crippen molar-refractivity contribution >= 4 is 11.8 Å². The molecule has 0 bridgehead atoms. The van der Waals surface area contributed by atoms with Gasteiger partial charge in [0.15, 0.2) is 0 Å². The molecule has 0 aromatic heterocycles. The fourth-order valence-electron chi connectivity index (χ4n) is 3.83. The number of benzene rings is 3. The van der Waals surface area contributed by atoms with Gasteiger partial charge < -0.3 is 9.22 Å². The summed E-state index contributed by atoms with van der Waals surface area (Å²) < 4.78 is 7.47. The normalized spacial score (nSPS) is 16.1. The minimum atomic E-state index is 0.0131. The minimum absolute atomic E-state index is 0.0131. The van der Waals surface area contributed by atoms with E-state index >= 15 is 0 Å². The molecule has 1 heterocycles. The number of rotatable bonds is 6. The van der Waals surface area contributed by atoms with Crippen molar-refractivity contribution in [2.45, 2.75) is 23.3 Å². The van der Waals surface area contributed by atoms with E-state index in [1.807, 2.05) is 11.8 Å². The summed E-state index contributed by atoms with van der Waals surface area (Å²) in [7, 11) is 4.56. The summed E-state index contributed by atoms with van der Waals surface area (Å²) in [6.45, 7) is 2.72. The molecule has 0 radical (unpaired) electrons. The highest BCUT2D eigenvalue weighted by Gasteiger charge is 2.25. The Hall–Kier alpha value is -2.07. The molecular formula is C25H28NOS+. The molecule has 4 rings (SSSR count). The summed E-state index contributed by atoms with van der Waals surface area (Å²) >= 11 is 1.91. The Morgan fingerprint density at radius 1 is 0.857 bits per heavy atom. The number of fused-ring (bicyclic) bond motifs is 2. The van der Waals surface area contributed by atoms with Gasteiger partial charge in [0.05, 0.1) is 20.7 Å². The number of nitrogens with zero attached hydrogens (tertiary/aromatic N) is 1. The predicted molar refractivity (Wildman–Crippen MR) is 117 cm³/mol. The maximum absolute atomic E-state index is 6.56. The molecule has 0 aliphatic carbocycles. The van der Waals surface area contributed by atoms with Crippen LogP contribution in [0, 0.1) is 0 Å². The number of thioether (sulfide) groups is 1. The molecule has 0 saturated carbocycles. The van der Waals surface area contributed by atoms with Crippen LogP contribution in [0.5, 0.6) is 0 Å². The fraction of sp³-hybridized carbons (Fsp3) is 0.280. The number of hydrogen-bond acceptors (Lipinski definition) is 2. The summed E-state index contributed by atoms with van der Waals surface area (Å²) in [5, 5.41) is 0. The maximum Gasteiger partial charge on any atom is 0.109 e. The zero-order valence-electron chi connectivity index (χ0n) is 16.7. The molecule has 3 aromatic carbocycles. The van der Waals surface area contributed by atoms with Gasteiger partial charge in [-0.1, -0.05) is 72.8 Å². The first kappa shape index (κ1) is 19.3. The summed E-state index contributed by atoms with van der Waals surface area (Å²) in [6.07, 6.45) is 0.0131. The minimum Gasteiger partial charge on any atom is -0.363 e. The van der Waals surface area contributed by atoms with Crippen molar-refractivity contribution in [3.05, 3.63) is 101 Å². The van der Waals surface area contributed by atoms with Crippen LogP contribution in [0.3, 0.4) is 0 Å². The Kier molecular flexibility index (Phi) is 5.86. The van der Waals surface area contributed by atoms with E-state index in [0.717, 1.165) is 29.9 Å². The molecule has 1 atom stereocenters. The Balaban J connectivity index is 1.50. The van der Waals surface area contributed by atoms with Gasteiger partial charge in [-0.25, -0.2) is 0 Å². The van der Waals surface area contributed by atoms with E-state index in [-0.39, 0.29) is 6.10 Å². The van der Waals surface area contributed by atoms with Crippen LogP contribution in [0.4, 0.5) is 0 Å². The second-order valence-corrected chi connectivity index (χ2v) is 9.10. The van der Waals surface area contributed by atoms with Gasteiger partial charge in [0.25, 0.3) is 0 Å². The molecule has 28 heavy (non-hydrogen) atoms. The number of likely N-dealkylation sites (N-methyl/N-ethyl adjacent to an activating group) is 1. The monoisotopic (exact) mass is 390 g/mol. The molecular weight excluding hydrogens is 362 g/mol. The SMILES string of the molecule is C[N+](C)(CCOC1c2ccccc2CSc2ccccc21)Cc1ccccc1. The summed E-state index contributed by atoms with van der Waals surface area (Å²) in [5.74, 6) is 1.00.